The first-order valence-electron chi connectivity index (χ1n) is 17.2. The largest absolute Gasteiger partial charge is 0.368 e. The third-order valence-corrected chi connectivity index (χ3v) is 10.7. The highest BCUT2D eigenvalue weighted by Gasteiger charge is 2.33. The predicted molar refractivity (Wildman–Crippen MR) is 204 cm³/mol. The van der Waals surface area contributed by atoms with Gasteiger partial charge in [-0.1, -0.05) is 58.4 Å². The SMILES string of the molecule is CC=C1CSCCC(=O)N[C@@H](Cc2c[nH]c3ccccc23)C(=O)N[C@@H](CC(C)C)C(=O)N[C@@H]([C@@H](C)CC)C(=O)N[C@H](C(N)=O)CSCC(C)=N1. The summed E-state index contributed by atoms with van der Waals surface area (Å²) in [6, 6.07) is 3.83. The van der Waals surface area contributed by atoms with Gasteiger partial charge in [-0.3, -0.25) is 29.0 Å². The first-order valence-corrected chi connectivity index (χ1v) is 19.5. The van der Waals surface area contributed by atoms with Gasteiger partial charge in [0, 0.05) is 64.4 Å². The molecule has 0 bridgehead atoms. The lowest BCUT2D eigenvalue weighted by molar-refractivity contribution is -0.135. The Hall–Kier alpha value is -3.78. The van der Waals surface area contributed by atoms with Crippen molar-refractivity contribution in [3.8, 4) is 0 Å². The number of aromatic amines is 1. The molecule has 1 aliphatic heterocycles. The number of carbonyl (C=O) groups excluding carboxylic acids is 5. The summed E-state index contributed by atoms with van der Waals surface area (Å²) >= 11 is 2.98. The van der Waals surface area contributed by atoms with Crippen LogP contribution in [0.1, 0.15) is 66.4 Å². The summed E-state index contributed by atoms with van der Waals surface area (Å²) in [5.74, 6) is -0.934. The van der Waals surface area contributed by atoms with Crippen LogP contribution in [0.2, 0.25) is 0 Å². The van der Waals surface area contributed by atoms with Crippen molar-refractivity contribution in [2.24, 2.45) is 22.6 Å². The molecule has 0 aliphatic carbocycles. The Morgan fingerprint density at radius 3 is 2.38 bits per heavy atom. The molecule has 12 nitrogen and oxygen atoms in total. The van der Waals surface area contributed by atoms with Gasteiger partial charge in [0.1, 0.15) is 24.2 Å². The van der Waals surface area contributed by atoms with Gasteiger partial charge in [0.25, 0.3) is 0 Å². The summed E-state index contributed by atoms with van der Waals surface area (Å²) in [6.45, 7) is 11.4. The van der Waals surface area contributed by atoms with Gasteiger partial charge >= 0.3 is 0 Å². The smallest absolute Gasteiger partial charge is 0.243 e. The minimum absolute atomic E-state index is 0.0180. The number of H-pyrrole nitrogens is 1. The van der Waals surface area contributed by atoms with Crippen LogP contribution < -0.4 is 27.0 Å². The Bertz CT molecular complexity index is 1560. The number of carbonyl (C=O) groups is 5. The third kappa shape index (κ3) is 12.5. The number of rotatable bonds is 7. The molecule has 1 aromatic heterocycles. The first kappa shape index (κ1) is 40.6. The van der Waals surface area contributed by atoms with Crippen LogP contribution in [0, 0.1) is 11.8 Å². The number of thioether (sulfide) groups is 2. The lowest BCUT2D eigenvalue weighted by atomic mass is 9.96. The van der Waals surface area contributed by atoms with E-state index in [1.54, 1.807) is 11.8 Å². The van der Waals surface area contributed by atoms with E-state index in [-0.39, 0.29) is 36.3 Å². The second-order valence-corrected chi connectivity index (χ2v) is 15.3. The van der Waals surface area contributed by atoms with Crippen LogP contribution in [0.25, 0.3) is 10.9 Å². The van der Waals surface area contributed by atoms with Crippen molar-refractivity contribution < 1.29 is 24.0 Å². The third-order valence-electron chi connectivity index (χ3n) is 8.53. The van der Waals surface area contributed by atoms with Crippen LogP contribution in [-0.2, 0) is 30.4 Å². The van der Waals surface area contributed by atoms with Gasteiger partial charge < -0.3 is 32.0 Å². The van der Waals surface area contributed by atoms with E-state index >= 15 is 0 Å². The van der Waals surface area contributed by atoms with E-state index in [1.807, 2.05) is 78.1 Å². The molecular formula is C36H53N7O5S2. The molecule has 0 saturated heterocycles. The second-order valence-electron chi connectivity index (χ2n) is 13.2. The van der Waals surface area contributed by atoms with Gasteiger partial charge in [0.2, 0.25) is 29.5 Å². The number of nitrogens with one attached hydrogen (secondary N) is 5. The number of aliphatic imine (C=N–C) groups is 1. The summed E-state index contributed by atoms with van der Waals surface area (Å²) in [4.78, 5) is 75.1. The van der Waals surface area contributed by atoms with E-state index in [0.717, 1.165) is 27.9 Å². The lowest BCUT2D eigenvalue weighted by Crippen LogP contribution is -2.60. The molecule has 0 radical (unpaired) electrons. The molecule has 14 heteroatoms. The van der Waals surface area contributed by atoms with E-state index in [1.165, 1.54) is 11.8 Å². The summed E-state index contributed by atoms with van der Waals surface area (Å²) in [5.41, 5.74) is 9.14. The van der Waals surface area contributed by atoms with Crippen molar-refractivity contribution in [2.75, 3.05) is 23.0 Å². The molecule has 274 valence electrons. The molecule has 1 aromatic carbocycles. The molecule has 7 N–H and O–H groups in total. The van der Waals surface area contributed by atoms with E-state index in [9.17, 15) is 24.0 Å². The highest BCUT2D eigenvalue weighted by molar-refractivity contribution is 8.00. The van der Waals surface area contributed by atoms with Gasteiger partial charge in [-0.25, -0.2) is 0 Å². The minimum Gasteiger partial charge on any atom is -0.368 e. The zero-order chi connectivity index (χ0) is 36.8. The summed E-state index contributed by atoms with van der Waals surface area (Å²) in [5, 5.41) is 12.4. The number of primary amides is 1. The van der Waals surface area contributed by atoms with E-state index in [0.29, 0.717) is 30.1 Å². The fourth-order valence-electron chi connectivity index (χ4n) is 5.51. The first-order chi connectivity index (χ1) is 23.8. The number of allylic oxidation sites excluding steroid dienone is 1. The number of nitrogens with zero attached hydrogens (tertiary/aromatic N) is 1. The van der Waals surface area contributed by atoms with Crippen molar-refractivity contribution in [3.05, 3.63) is 47.8 Å². The number of fused-ring (bicyclic) bond motifs is 1. The molecule has 1 aliphatic rings. The van der Waals surface area contributed by atoms with Gasteiger partial charge in [0.15, 0.2) is 0 Å². The predicted octanol–water partition coefficient (Wildman–Crippen LogP) is 3.46. The Morgan fingerprint density at radius 1 is 0.980 bits per heavy atom. The van der Waals surface area contributed by atoms with E-state index in [4.69, 9.17) is 10.7 Å². The van der Waals surface area contributed by atoms with Crippen molar-refractivity contribution in [2.45, 2.75) is 91.4 Å². The second kappa shape index (κ2) is 20.2. The number of amides is 5. The maximum atomic E-state index is 14.0. The molecule has 5 amide bonds. The topological polar surface area (TPSA) is 188 Å². The highest BCUT2D eigenvalue weighted by atomic mass is 32.2. The molecule has 2 aromatic rings. The Balaban J connectivity index is 1.97. The zero-order valence-electron chi connectivity index (χ0n) is 30.0. The molecule has 3 rings (SSSR count). The van der Waals surface area contributed by atoms with Gasteiger partial charge in [-0.15, -0.1) is 0 Å². The summed E-state index contributed by atoms with van der Waals surface area (Å²) in [7, 11) is 0. The molecular weight excluding hydrogens is 675 g/mol. The van der Waals surface area contributed by atoms with Crippen molar-refractivity contribution in [1.82, 2.24) is 26.3 Å². The zero-order valence-corrected chi connectivity index (χ0v) is 31.6. The average Bonchev–Trinajstić information content (AvgIpc) is 3.48. The Kier molecular flexibility index (Phi) is 16.4. The van der Waals surface area contributed by atoms with Gasteiger partial charge in [0.05, 0.1) is 0 Å². The molecule has 5 atom stereocenters. The van der Waals surface area contributed by atoms with Crippen LogP contribution in [0.15, 0.2) is 47.2 Å². The molecule has 0 fully saturated rings. The molecule has 0 unspecified atom stereocenters. The molecule has 0 saturated carbocycles. The summed E-state index contributed by atoms with van der Waals surface area (Å²) < 4.78 is 0. The number of hydrogen-bond acceptors (Lipinski definition) is 8. The molecule has 0 spiro atoms. The van der Waals surface area contributed by atoms with E-state index in [2.05, 4.69) is 26.3 Å². The van der Waals surface area contributed by atoms with E-state index < -0.39 is 47.8 Å². The van der Waals surface area contributed by atoms with Crippen molar-refractivity contribution >= 4 is 69.7 Å². The maximum Gasteiger partial charge on any atom is 0.243 e. The van der Waals surface area contributed by atoms with Crippen LogP contribution >= 0.6 is 23.5 Å². The number of aromatic nitrogens is 1. The van der Waals surface area contributed by atoms with Crippen LogP contribution in [0.4, 0.5) is 0 Å². The number of para-hydroxylation sites is 1. The van der Waals surface area contributed by atoms with Crippen LogP contribution in [-0.4, -0.2) is 87.4 Å². The lowest BCUT2D eigenvalue weighted by Gasteiger charge is -2.29. The normalized spacial score (nSPS) is 24.3. The Morgan fingerprint density at radius 2 is 1.70 bits per heavy atom. The van der Waals surface area contributed by atoms with Gasteiger partial charge in [-0.2, -0.15) is 23.5 Å². The minimum atomic E-state index is -0.985. The molecule has 2 heterocycles. The summed E-state index contributed by atoms with van der Waals surface area (Å²) in [6.07, 6.45) is 5.00. The van der Waals surface area contributed by atoms with Crippen molar-refractivity contribution in [1.29, 1.82) is 0 Å². The van der Waals surface area contributed by atoms with Crippen LogP contribution in [0.5, 0.6) is 0 Å². The number of hydrogen-bond donors (Lipinski definition) is 6. The fourth-order valence-corrected chi connectivity index (χ4v) is 7.38. The highest BCUT2D eigenvalue weighted by Crippen LogP contribution is 2.20. The Labute approximate surface area is 303 Å². The van der Waals surface area contributed by atoms with Crippen LogP contribution in [0.3, 0.4) is 0 Å². The fraction of sp³-hybridized carbons (Fsp3) is 0.556. The standard InChI is InChI=1S/C36H53N7O5S2/c1-7-22(5)32-36(48)42-30(33(37)45)20-50-18-23(6)39-25(8-2)19-49-14-13-31(44)40-29(16-24-17-38-27-12-10-9-11-26(24)27)34(46)41-28(15-21(3)4)35(47)43-32/h8-12,17,21-22,28-30,32,38H,7,13-16,18-20H2,1-6H3,(H2,37,45)(H,40,44)(H,41,46)(H,42,48)(H,43,47)/t22-,28-,29-,30-,32-/m0/s1. The van der Waals surface area contributed by atoms with Gasteiger partial charge in [-0.05, 0) is 43.7 Å². The maximum absolute atomic E-state index is 14.0. The monoisotopic (exact) mass is 727 g/mol. The average molecular weight is 728 g/mol. The molecule has 50 heavy (non-hydrogen) atoms. The quantitative estimate of drug-likeness (QED) is 0.252. The number of benzene rings is 1. The van der Waals surface area contributed by atoms with Crippen molar-refractivity contribution in [3.63, 3.8) is 0 Å². The number of nitrogens with two attached hydrogens (primary N) is 1.